The summed E-state index contributed by atoms with van der Waals surface area (Å²) >= 11 is 5.93. The van der Waals surface area contributed by atoms with Crippen LogP contribution in [0, 0.1) is 0 Å². The van der Waals surface area contributed by atoms with Gasteiger partial charge in [0.1, 0.15) is 0 Å². The van der Waals surface area contributed by atoms with E-state index in [9.17, 15) is 0 Å². The minimum absolute atomic E-state index is 0.455. The lowest BCUT2D eigenvalue weighted by Gasteiger charge is -2.29. The minimum Gasteiger partial charge on any atom is -0.304 e. The molecule has 0 N–H and O–H groups in total. The molecule has 0 amide bonds. The third kappa shape index (κ3) is 4.53. The molecule has 1 aliphatic rings. The van der Waals surface area contributed by atoms with E-state index < -0.39 is 0 Å². The molecule has 0 saturated carbocycles. The van der Waals surface area contributed by atoms with E-state index in [0.29, 0.717) is 6.04 Å². The first-order valence-electron chi connectivity index (χ1n) is 8.12. The van der Waals surface area contributed by atoms with Gasteiger partial charge in [-0.25, -0.2) is 4.68 Å². The second-order valence-corrected chi connectivity index (χ2v) is 6.98. The molecule has 0 radical (unpaired) electrons. The molecule has 0 spiro atoms. The second kappa shape index (κ2) is 7.43. The van der Waals surface area contributed by atoms with E-state index in [0.717, 1.165) is 30.4 Å². The first-order chi connectivity index (χ1) is 11.1. The number of nitrogens with zero attached hydrogens (tertiary/aromatic N) is 5. The summed E-state index contributed by atoms with van der Waals surface area (Å²) in [5.41, 5.74) is 2.27. The van der Waals surface area contributed by atoms with Crippen molar-refractivity contribution in [3.8, 4) is 0 Å². The van der Waals surface area contributed by atoms with E-state index in [4.69, 9.17) is 11.6 Å². The Morgan fingerprint density at radius 3 is 2.78 bits per heavy atom. The zero-order valence-electron chi connectivity index (χ0n) is 13.8. The van der Waals surface area contributed by atoms with E-state index in [-0.39, 0.29) is 0 Å². The van der Waals surface area contributed by atoms with Crippen LogP contribution < -0.4 is 0 Å². The Labute approximate surface area is 142 Å². The molecule has 5 nitrogen and oxygen atoms in total. The Kier molecular flexibility index (Phi) is 5.30. The highest BCUT2D eigenvalue weighted by Gasteiger charge is 2.20. The highest BCUT2D eigenvalue weighted by molar-refractivity contribution is 6.30. The van der Waals surface area contributed by atoms with E-state index >= 15 is 0 Å². The first kappa shape index (κ1) is 16.4. The van der Waals surface area contributed by atoms with Crippen molar-refractivity contribution in [2.75, 3.05) is 27.2 Å². The minimum atomic E-state index is 0.455. The summed E-state index contributed by atoms with van der Waals surface area (Å²) in [6.45, 7) is 3.91. The maximum absolute atomic E-state index is 5.93. The van der Waals surface area contributed by atoms with Crippen molar-refractivity contribution in [1.29, 1.82) is 0 Å². The lowest BCUT2D eigenvalue weighted by molar-refractivity contribution is 0.200. The van der Waals surface area contributed by atoms with Crippen molar-refractivity contribution in [1.82, 2.24) is 24.8 Å². The quantitative estimate of drug-likeness (QED) is 0.843. The first-order valence-corrected chi connectivity index (χ1v) is 8.50. The van der Waals surface area contributed by atoms with Crippen LogP contribution in [-0.2, 0) is 13.1 Å². The number of benzene rings is 1. The maximum Gasteiger partial charge on any atom is 0.0967 e. The van der Waals surface area contributed by atoms with Crippen LogP contribution in [0.4, 0.5) is 0 Å². The molecule has 124 valence electrons. The smallest absolute Gasteiger partial charge is 0.0967 e. The maximum atomic E-state index is 5.93. The van der Waals surface area contributed by atoms with Crippen LogP contribution in [0.5, 0.6) is 0 Å². The summed E-state index contributed by atoms with van der Waals surface area (Å²) in [6, 6.07) is 8.44. The van der Waals surface area contributed by atoms with Gasteiger partial charge in [0.2, 0.25) is 0 Å². The number of piperidine rings is 1. The van der Waals surface area contributed by atoms with Crippen LogP contribution in [0.25, 0.3) is 0 Å². The van der Waals surface area contributed by atoms with E-state index in [1.54, 1.807) is 0 Å². The van der Waals surface area contributed by atoms with Gasteiger partial charge in [0.15, 0.2) is 0 Å². The third-order valence-electron chi connectivity index (χ3n) is 4.33. The van der Waals surface area contributed by atoms with Crippen LogP contribution in [0.2, 0.25) is 5.02 Å². The second-order valence-electron chi connectivity index (χ2n) is 6.55. The lowest BCUT2D eigenvalue weighted by atomic mass is 10.1. The highest BCUT2D eigenvalue weighted by atomic mass is 35.5. The van der Waals surface area contributed by atoms with Gasteiger partial charge in [-0.15, -0.1) is 5.10 Å². The Morgan fingerprint density at radius 2 is 2.04 bits per heavy atom. The number of halogens is 1. The van der Waals surface area contributed by atoms with Gasteiger partial charge in [-0.2, -0.15) is 0 Å². The molecule has 1 fully saturated rings. The van der Waals surface area contributed by atoms with Crippen LogP contribution >= 0.6 is 11.6 Å². The summed E-state index contributed by atoms with van der Waals surface area (Å²) in [6.07, 6.45) is 4.52. The Balaban J connectivity index is 1.56. The van der Waals surface area contributed by atoms with Gasteiger partial charge in [0.05, 0.1) is 17.9 Å². The van der Waals surface area contributed by atoms with Crippen LogP contribution in [0.15, 0.2) is 30.5 Å². The number of rotatable bonds is 5. The number of aromatic nitrogens is 3. The molecule has 1 atom stereocenters. The van der Waals surface area contributed by atoms with Gasteiger partial charge in [-0.3, -0.25) is 4.90 Å². The Hall–Kier alpha value is -1.43. The van der Waals surface area contributed by atoms with E-state index in [1.165, 1.54) is 24.9 Å². The van der Waals surface area contributed by atoms with Crippen molar-refractivity contribution in [2.24, 2.45) is 0 Å². The van der Waals surface area contributed by atoms with Gasteiger partial charge in [-0.05, 0) is 51.2 Å². The topological polar surface area (TPSA) is 37.2 Å². The largest absolute Gasteiger partial charge is 0.304 e. The Morgan fingerprint density at radius 1 is 1.26 bits per heavy atom. The fourth-order valence-electron chi connectivity index (χ4n) is 3.15. The number of hydrogen-bond acceptors (Lipinski definition) is 4. The molecule has 0 bridgehead atoms. The monoisotopic (exact) mass is 333 g/mol. The predicted molar refractivity (Wildman–Crippen MR) is 92.4 cm³/mol. The molecule has 3 rings (SSSR count). The molecule has 0 aliphatic carbocycles. The van der Waals surface area contributed by atoms with E-state index in [1.807, 2.05) is 16.8 Å². The summed E-state index contributed by atoms with van der Waals surface area (Å²) in [7, 11) is 4.27. The summed E-state index contributed by atoms with van der Waals surface area (Å²) in [5, 5.41) is 9.46. The van der Waals surface area contributed by atoms with Crippen molar-refractivity contribution in [2.45, 2.75) is 32.0 Å². The van der Waals surface area contributed by atoms with Crippen LogP contribution in [-0.4, -0.2) is 52.0 Å². The molecule has 2 aromatic rings. The van der Waals surface area contributed by atoms with Crippen molar-refractivity contribution >= 4 is 11.6 Å². The molecule has 1 unspecified atom stereocenters. The average Bonchev–Trinajstić information content (AvgIpc) is 2.98. The number of hydrogen-bond donors (Lipinski definition) is 0. The van der Waals surface area contributed by atoms with Crippen molar-refractivity contribution in [3.05, 3.63) is 46.7 Å². The van der Waals surface area contributed by atoms with Crippen molar-refractivity contribution < 1.29 is 0 Å². The standard InChI is InChI=1S/C17H24ClN5/c1-21-9-3-4-17(13-21)23-12-16(19-20-23)11-22(2)10-14-5-7-15(18)8-6-14/h5-8,12,17H,3-4,9-11,13H2,1-2H3. The van der Waals surface area contributed by atoms with Gasteiger partial charge >= 0.3 is 0 Å². The Bertz CT molecular complexity index is 624. The molecule has 1 saturated heterocycles. The predicted octanol–water partition coefficient (Wildman–Crippen LogP) is 2.83. The normalized spacial score (nSPS) is 19.4. The zero-order chi connectivity index (χ0) is 16.2. The number of likely N-dealkylation sites (tertiary alicyclic amines) is 1. The molecule has 1 aliphatic heterocycles. The number of likely N-dealkylation sites (N-methyl/N-ethyl adjacent to an activating group) is 1. The third-order valence-corrected chi connectivity index (χ3v) is 4.58. The molecule has 1 aromatic carbocycles. The van der Waals surface area contributed by atoms with Gasteiger partial charge in [-0.1, -0.05) is 28.9 Å². The highest BCUT2D eigenvalue weighted by Crippen LogP contribution is 2.20. The molecular formula is C17H24ClN5. The molecule has 1 aromatic heterocycles. The zero-order valence-corrected chi connectivity index (χ0v) is 14.6. The average molecular weight is 334 g/mol. The van der Waals surface area contributed by atoms with Gasteiger partial charge < -0.3 is 4.90 Å². The summed E-state index contributed by atoms with van der Waals surface area (Å²) < 4.78 is 2.04. The fraction of sp³-hybridized carbons (Fsp3) is 0.529. The van der Waals surface area contributed by atoms with Crippen LogP contribution in [0.1, 0.15) is 30.1 Å². The van der Waals surface area contributed by atoms with Crippen molar-refractivity contribution in [3.63, 3.8) is 0 Å². The SMILES string of the molecule is CN(Cc1ccc(Cl)cc1)Cc1cn(C2CCCN(C)C2)nn1. The molecule has 23 heavy (non-hydrogen) atoms. The molecular weight excluding hydrogens is 310 g/mol. The van der Waals surface area contributed by atoms with Crippen LogP contribution in [0.3, 0.4) is 0 Å². The van der Waals surface area contributed by atoms with E-state index in [2.05, 4.69) is 52.5 Å². The van der Waals surface area contributed by atoms with Gasteiger partial charge in [0.25, 0.3) is 0 Å². The fourth-order valence-corrected chi connectivity index (χ4v) is 3.28. The molecule has 6 heteroatoms. The van der Waals surface area contributed by atoms with Gasteiger partial charge in [0, 0.05) is 24.7 Å². The summed E-state index contributed by atoms with van der Waals surface area (Å²) in [4.78, 5) is 4.60. The molecule has 2 heterocycles. The summed E-state index contributed by atoms with van der Waals surface area (Å²) in [5.74, 6) is 0. The lowest BCUT2D eigenvalue weighted by Crippen LogP contribution is -2.33.